The van der Waals surface area contributed by atoms with Gasteiger partial charge in [-0.25, -0.2) is 0 Å². The molecule has 2 aromatic rings. The second-order valence-electron chi connectivity index (χ2n) is 6.06. The number of hydrogen-bond donors (Lipinski definition) is 1. The van der Waals surface area contributed by atoms with Crippen molar-refractivity contribution in [2.45, 2.75) is 25.1 Å². The average molecular weight is 359 g/mol. The summed E-state index contributed by atoms with van der Waals surface area (Å²) in [6.07, 6.45) is -4.74. The van der Waals surface area contributed by atoms with Crippen LogP contribution in [0, 0.1) is 0 Å². The first-order valence-electron chi connectivity index (χ1n) is 8.03. The SMILES string of the molecule is Cl.FC(F)(F)CC[C@@H](c1ccc2ccccc2c1)N1CCNCC1. The fourth-order valence-electron chi connectivity index (χ4n) is 3.27. The lowest BCUT2D eigenvalue weighted by Crippen LogP contribution is -2.45. The molecule has 0 radical (unpaired) electrons. The van der Waals surface area contributed by atoms with Gasteiger partial charge in [-0.2, -0.15) is 13.2 Å². The maximum absolute atomic E-state index is 12.7. The van der Waals surface area contributed by atoms with Crippen LogP contribution >= 0.6 is 12.4 Å². The van der Waals surface area contributed by atoms with E-state index in [0.29, 0.717) is 0 Å². The zero-order valence-electron chi connectivity index (χ0n) is 13.4. The number of halogens is 4. The first kappa shape index (κ1) is 19.0. The highest BCUT2D eigenvalue weighted by molar-refractivity contribution is 5.85. The van der Waals surface area contributed by atoms with Crippen LogP contribution in [0.4, 0.5) is 13.2 Å². The Morgan fingerprint density at radius 3 is 2.33 bits per heavy atom. The van der Waals surface area contributed by atoms with E-state index in [1.165, 1.54) is 0 Å². The standard InChI is InChI=1S/C18H21F3N2.ClH/c19-18(20,21)8-7-17(23-11-9-22-10-12-23)16-6-5-14-3-1-2-4-15(14)13-16;/h1-6,13,17,22H,7-12H2;1H/t17-;/m0./s1. The van der Waals surface area contributed by atoms with Crippen LogP contribution in [0.15, 0.2) is 42.5 Å². The normalized spacial score (nSPS) is 17.5. The van der Waals surface area contributed by atoms with Crippen molar-refractivity contribution in [3.8, 4) is 0 Å². The van der Waals surface area contributed by atoms with Crippen molar-refractivity contribution in [1.29, 1.82) is 0 Å². The van der Waals surface area contributed by atoms with E-state index in [9.17, 15) is 13.2 Å². The van der Waals surface area contributed by atoms with Crippen molar-refractivity contribution >= 4 is 23.2 Å². The summed E-state index contributed by atoms with van der Waals surface area (Å²) in [7, 11) is 0. The van der Waals surface area contributed by atoms with Crippen molar-refractivity contribution in [2.24, 2.45) is 0 Å². The van der Waals surface area contributed by atoms with Crippen molar-refractivity contribution in [1.82, 2.24) is 10.2 Å². The molecule has 1 atom stereocenters. The van der Waals surface area contributed by atoms with Gasteiger partial charge in [-0.05, 0) is 28.8 Å². The number of rotatable bonds is 4. The fourth-order valence-corrected chi connectivity index (χ4v) is 3.27. The Balaban J connectivity index is 0.00000208. The third kappa shape index (κ3) is 4.85. The lowest BCUT2D eigenvalue weighted by atomic mass is 9.96. The topological polar surface area (TPSA) is 15.3 Å². The summed E-state index contributed by atoms with van der Waals surface area (Å²) >= 11 is 0. The molecular formula is C18H22ClF3N2. The van der Waals surface area contributed by atoms with E-state index >= 15 is 0 Å². The van der Waals surface area contributed by atoms with Crippen LogP contribution < -0.4 is 5.32 Å². The molecule has 0 spiro atoms. The van der Waals surface area contributed by atoms with Crippen molar-refractivity contribution in [3.63, 3.8) is 0 Å². The number of benzene rings is 2. The van der Waals surface area contributed by atoms with E-state index in [4.69, 9.17) is 0 Å². The van der Waals surface area contributed by atoms with Crippen molar-refractivity contribution in [2.75, 3.05) is 26.2 Å². The van der Waals surface area contributed by atoms with Crippen LogP contribution in [0.1, 0.15) is 24.4 Å². The van der Waals surface area contributed by atoms with E-state index in [1.54, 1.807) is 0 Å². The quantitative estimate of drug-likeness (QED) is 0.862. The first-order valence-corrected chi connectivity index (χ1v) is 8.03. The maximum Gasteiger partial charge on any atom is 0.389 e. The summed E-state index contributed by atoms with van der Waals surface area (Å²) < 4.78 is 38.2. The number of nitrogens with zero attached hydrogens (tertiary/aromatic N) is 1. The number of alkyl halides is 3. The second-order valence-corrected chi connectivity index (χ2v) is 6.06. The van der Waals surface area contributed by atoms with Crippen LogP contribution in [0.2, 0.25) is 0 Å². The number of hydrogen-bond acceptors (Lipinski definition) is 2. The summed E-state index contributed by atoms with van der Waals surface area (Å²) in [5.41, 5.74) is 0.981. The second kappa shape index (κ2) is 8.19. The van der Waals surface area contributed by atoms with Gasteiger partial charge < -0.3 is 5.32 Å². The highest BCUT2D eigenvalue weighted by Crippen LogP contribution is 2.33. The molecule has 6 heteroatoms. The van der Waals surface area contributed by atoms with Gasteiger partial charge in [-0.15, -0.1) is 12.4 Å². The van der Waals surface area contributed by atoms with E-state index < -0.39 is 12.6 Å². The van der Waals surface area contributed by atoms with Crippen LogP contribution in [-0.4, -0.2) is 37.3 Å². The van der Waals surface area contributed by atoms with E-state index in [-0.39, 0.29) is 24.9 Å². The Morgan fingerprint density at radius 1 is 1.00 bits per heavy atom. The van der Waals surface area contributed by atoms with Gasteiger partial charge in [-0.1, -0.05) is 36.4 Å². The Kier molecular flexibility index (Phi) is 6.49. The third-order valence-corrected chi connectivity index (χ3v) is 4.45. The van der Waals surface area contributed by atoms with Crippen molar-refractivity contribution < 1.29 is 13.2 Å². The molecule has 132 valence electrons. The third-order valence-electron chi connectivity index (χ3n) is 4.45. The molecule has 3 rings (SSSR count). The Hall–Kier alpha value is -1.30. The van der Waals surface area contributed by atoms with Crippen LogP contribution in [0.25, 0.3) is 10.8 Å². The largest absolute Gasteiger partial charge is 0.389 e. The molecule has 0 unspecified atom stereocenters. The number of fused-ring (bicyclic) bond motifs is 1. The summed E-state index contributed by atoms with van der Waals surface area (Å²) in [4.78, 5) is 2.17. The zero-order chi connectivity index (χ0) is 16.3. The molecule has 1 saturated heterocycles. The van der Waals surface area contributed by atoms with E-state index in [2.05, 4.69) is 10.2 Å². The van der Waals surface area contributed by atoms with Crippen LogP contribution in [0.5, 0.6) is 0 Å². The monoisotopic (exact) mass is 358 g/mol. The van der Waals surface area contributed by atoms with Gasteiger partial charge in [0.1, 0.15) is 0 Å². The molecule has 2 aromatic carbocycles. The van der Waals surface area contributed by atoms with E-state index in [1.807, 2.05) is 42.5 Å². The molecule has 0 saturated carbocycles. The number of nitrogens with one attached hydrogen (secondary N) is 1. The molecular weight excluding hydrogens is 337 g/mol. The summed E-state index contributed by atoms with van der Waals surface area (Å²) in [6, 6.07) is 13.8. The molecule has 1 N–H and O–H groups in total. The Morgan fingerprint density at radius 2 is 1.67 bits per heavy atom. The molecule has 1 heterocycles. The Bertz CT molecular complexity index is 654. The lowest BCUT2D eigenvalue weighted by Gasteiger charge is -2.35. The molecule has 1 aliphatic rings. The first-order chi connectivity index (χ1) is 11.0. The highest BCUT2D eigenvalue weighted by Gasteiger charge is 2.31. The van der Waals surface area contributed by atoms with Gasteiger partial charge >= 0.3 is 6.18 Å². The summed E-state index contributed by atoms with van der Waals surface area (Å²) in [5.74, 6) is 0. The van der Waals surface area contributed by atoms with Gasteiger partial charge in [0, 0.05) is 38.6 Å². The number of piperazine rings is 1. The minimum Gasteiger partial charge on any atom is -0.314 e. The van der Waals surface area contributed by atoms with Crippen LogP contribution in [0.3, 0.4) is 0 Å². The van der Waals surface area contributed by atoms with Gasteiger partial charge in [0.05, 0.1) is 0 Å². The minimum atomic E-state index is -4.11. The molecule has 0 aromatic heterocycles. The summed E-state index contributed by atoms with van der Waals surface area (Å²) in [5, 5.41) is 5.46. The maximum atomic E-state index is 12.7. The predicted molar refractivity (Wildman–Crippen MR) is 93.7 cm³/mol. The van der Waals surface area contributed by atoms with Gasteiger partial charge in [0.15, 0.2) is 0 Å². The zero-order valence-corrected chi connectivity index (χ0v) is 14.2. The molecule has 0 amide bonds. The van der Waals surface area contributed by atoms with Crippen LogP contribution in [-0.2, 0) is 0 Å². The minimum absolute atomic E-state index is 0. The highest BCUT2D eigenvalue weighted by atomic mass is 35.5. The molecule has 2 nitrogen and oxygen atoms in total. The predicted octanol–water partition coefficient (Wildman–Crippen LogP) is 4.55. The fraction of sp³-hybridized carbons (Fsp3) is 0.444. The van der Waals surface area contributed by atoms with Gasteiger partial charge in [-0.3, -0.25) is 4.90 Å². The molecule has 0 aliphatic carbocycles. The lowest BCUT2D eigenvalue weighted by molar-refractivity contribution is -0.138. The van der Waals surface area contributed by atoms with E-state index in [0.717, 1.165) is 42.5 Å². The van der Waals surface area contributed by atoms with Crippen molar-refractivity contribution in [3.05, 3.63) is 48.0 Å². The smallest absolute Gasteiger partial charge is 0.314 e. The Labute approximate surface area is 146 Å². The van der Waals surface area contributed by atoms with Gasteiger partial charge in [0.25, 0.3) is 0 Å². The van der Waals surface area contributed by atoms with Gasteiger partial charge in [0.2, 0.25) is 0 Å². The average Bonchev–Trinajstić information content (AvgIpc) is 2.55. The molecule has 0 bridgehead atoms. The summed E-state index contributed by atoms with van der Waals surface area (Å²) in [6.45, 7) is 3.23. The molecule has 1 aliphatic heterocycles. The molecule has 1 fully saturated rings. The molecule has 24 heavy (non-hydrogen) atoms.